The van der Waals surface area contributed by atoms with E-state index in [-0.39, 0.29) is 5.92 Å². The zero-order chi connectivity index (χ0) is 8.27. The molecule has 0 aromatic carbocycles. The van der Waals surface area contributed by atoms with E-state index < -0.39 is 0 Å². The average Bonchev–Trinajstić information content (AvgIpc) is 2.05. The Morgan fingerprint density at radius 2 is 2.70 bits per heavy atom. The Hall–Kier alpha value is 0.266. The van der Waals surface area contributed by atoms with Crippen LogP contribution in [0.25, 0.3) is 0 Å². The van der Waals surface area contributed by atoms with E-state index in [4.69, 9.17) is 1.37 Å². The van der Waals surface area contributed by atoms with Gasteiger partial charge in [0.25, 0.3) is 0 Å². The average molecular weight is 200 g/mol. The predicted molar refractivity (Wildman–Crippen MR) is 43.8 cm³/mol. The van der Waals surface area contributed by atoms with Crippen LogP contribution in [-0.2, 0) is 4.79 Å². The van der Waals surface area contributed by atoms with E-state index in [1.165, 1.54) is 0 Å². The Balaban J connectivity index is 2.39. The number of likely N-dealkylation sites (tertiary alicyclic amines) is 1. The van der Waals surface area contributed by atoms with E-state index in [0.717, 1.165) is 25.9 Å². The van der Waals surface area contributed by atoms with Crippen LogP contribution < -0.4 is 0 Å². The first-order chi connectivity index (χ1) is 5.24. The summed E-state index contributed by atoms with van der Waals surface area (Å²) in [5, 5.41) is 0. The van der Waals surface area contributed by atoms with E-state index >= 15 is 0 Å². The second kappa shape index (κ2) is 3.60. The third-order valence-corrected chi connectivity index (χ3v) is 3.79. The van der Waals surface area contributed by atoms with Crippen molar-refractivity contribution in [2.75, 3.05) is 20.1 Å². The summed E-state index contributed by atoms with van der Waals surface area (Å²) in [4.78, 5) is 13.1. The fourth-order valence-corrected chi connectivity index (χ4v) is 2.38. The van der Waals surface area contributed by atoms with Gasteiger partial charge in [-0.2, -0.15) is 0 Å². The van der Waals surface area contributed by atoms with E-state index in [0.29, 0.717) is 30.0 Å². The zero-order valence-electron chi connectivity index (χ0n) is 7.47. The predicted octanol–water partition coefficient (Wildman–Crippen LogP) is -0.512. The summed E-state index contributed by atoms with van der Waals surface area (Å²) < 4.78 is 7.63. The first-order valence-electron chi connectivity index (χ1n) is 4.47. The van der Waals surface area contributed by atoms with E-state index in [2.05, 4.69) is 4.90 Å². The van der Waals surface area contributed by atoms with Crippen molar-refractivity contribution in [2.24, 2.45) is 5.92 Å². The molecule has 0 amide bonds. The maximum absolute atomic E-state index is 11.1. The van der Waals surface area contributed by atoms with Crippen molar-refractivity contribution in [1.82, 2.24) is 4.90 Å². The van der Waals surface area contributed by atoms with Crippen molar-refractivity contribution in [3.8, 4) is 0 Å². The van der Waals surface area contributed by atoms with Crippen LogP contribution in [0.4, 0.5) is 0 Å². The van der Waals surface area contributed by atoms with Gasteiger partial charge in [0.05, 0.1) is 0 Å². The minimum absolute atomic E-state index is 0.286. The Kier molecular flexibility index (Phi) is 2.50. The van der Waals surface area contributed by atoms with E-state index in [1.54, 1.807) is 0 Å². The quantitative estimate of drug-likeness (QED) is 0.531. The number of carbonyl (C=O) groups excluding carboxylic acids is 1. The summed E-state index contributed by atoms with van der Waals surface area (Å²) in [6.45, 7) is 1.87. The van der Waals surface area contributed by atoms with Gasteiger partial charge in [0, 0.05) is 0 Å². The molecule has 56 valence electrons. The molecule has 0 aromatic heterocycles. The number of piperidine rings is 1. The number of nitrogens with zero attached hydrogens (tertiary/aromatic N) is 1. The molecule has 0 radical (unpaired) electrons. The van der Waals surface area contributed by atoms with Gasteiger partial charge in [-0.05, 0) is 0 Å². The molecule has 1 saturated heterocycles. The SMILES string of the molecule is [3H]CN1CCCC([C](=O)[GaH2])C1. The van der Waals surface area contributed by atoms with Crippen LogP contribution in [0.1, 0.15) is 14.2 Å². The second-order valence-corrected chi connectivity index (χ2v) is 5.09. The number of carbonyl (C=O) groups is 1. The third kappa shape index (κ3) is 2.14. The van der Waals surface area contributed by atoms with Gasteiger partial charge < -0.3 is 0 Å². The standard InChI is InChI=1S/C7H12NO.Ga.2H/c1-8-4-2-3-7(5-8)6-9;;;/h7H,2-5H2,1H3;;;/i1T;;;. The molecule has 1 aliphatic rings. The molecular weight excluding hydrogens is 184 g/mol. The van der Waals surface area contributed by atoms with Gasteiger partial charge in [-0.15, -0.1) is 0 Å². The van der Waals surface area contributed by atoms with Crippen molar-refractivity contribution in [1.29, 1.82) is 0 Å². The molecule has 0 aromatic rings. The molecule has 0 spiro atoms. The number of rotatable bonds is 1. The summed E-state index contributed by atoms with van der Waals surface area (Å²) in [5.74, 6) is 0.286. The monoisotopic (exact) mass is 199 g/mol. The molecule has 1 aliphatic heterocycles. The first-order valence-corrected chi connectivity index (χ1v) is 5.86. The van der Waals surface area contributed by atoms with Crippen molar-refractivity contribution >= 4 is 22.9 Å². The van der Waals surface area contributed by atoms with Crippen LogP contribution in [0.3, 0.4) is 0 Å². The maximum atomic E-state index is 11.1. The molecule has 1 fully saturated rings. The molecule has 0 N–H and O–H groups in total. The van der Waals surface area contributed by atoms with Crippen molar-refractivity contribution < 1.29 is 6.17 Å². The van der Waals surface area contributed by atoms with Gasteiger partial charge in [0.1, 0.15) is 0 Å². The summed E-state index contributed by atoms with van der Waals surface area (Å²) in [6, 6.07) is 0. The normalized spacial score (nSPS) is 29.6. The third-order valence-electron chi connectivity index (χ3n) is 2.08. The van der Waals surface area contributed by atoms with Crippen LogP contribution in [0.15, 0.2) is 0 Å². The second-order valence-electron chi connectivity index (χ2n) is 3.03. The van der Waals surface area contributed by atoms with E-state index in [9.17, 15) is 4.79 Å². The van der Waals surface area contributed by atoms with Gasteiger partial charge in [0.2, 0.25) is 0 Å². The van der Waals surface area contributed by atoms with Gasteiger partial charge in [-0.25, -0.2) is 0 Å². The Morgan fingerprint density at radius 1 is 1.90 bits per heavy atom. The van der Waals surface area contributed by atoms with Crippen LogP contribution in [-0.4, -0.2) is 48.0 Å². The van der Waals surface area contributed by atoms with Crippen LogP contribution in [0.2, 0.25) is 0 Å². The summed E-state index contributed by atoms with van der Waals surface area (Å²) in [7, 11) is 0.358. The van der Waals surface area contributed by atoms with Crippen molar-refractivity contribution in [2.45, 2.75) is 12.8 Å². The topological polar surface area (TPSA) is 20.3 Å². The number of hydrogen-bond donors (Lipinski definition) is 0. The van der Waals surface area contributed by atoms with Crippen LogP contribution in [0, 0.1) is 5.92 Å². The van der Waals surface area contributed by atoms with Gasteiger partial charge in [0.15, 0.2) is 0 Å². The molecule has 0 bridgehead atoms. The molecule has 0 saturated carbocycles. The molecule has 10 heavy (non-hydrogen) atoms. The van der Waals surface area contributed by atoms with Gasteiger partial charge in [-0.3, -0.25) is 0 Å². The summed E-state index contributed by atoms with van der Waals surface area (Å²) in [6.07, 6.45) is 2.17. The van der Waals surface area contributed by atoms with Crippen LogP contribution >= 0.6 is 0 Å². The molecule has 2 nitrogen and oxygen atoms in total. The Bertz CT molecular complexity index is 153. The van der Waals surface area contributed by atoms with Gasteiger partial charge in [-0.1, -0.05) is 0 Å². The van der Waals surface area contributed by atoms with Crippen molar-refractivity contribution in [3.63, 3.8) is 0 Å². The van der Waals surface area contributed by atoms with Gasteiger partial charge >= 0.3 is 72.9 Å². The first kappa shape index (κ1) is 6.94. The summed E-state index contributed by atoms with van der Waals surface area (Å²) >= 11 is 0.336. The molecule has 0 aliphatic carbocycles. The molecular formula is C7H14GaNO. The molecule has 1 rings (SSSR count). The fourth-order valence-electron chi connectivity index (χ4n) is 1.39. The summed E-state index contributed by atoms with van der Waals surface area (Å²) in [5.41, 5.74) is 0. The Labute approximate surface area is 73.3 Å². The molecule has 1 unspecified atom stereocenters. The zero-order valence-corrected chi connectivity index (χ0v) is 10.7. The fraction of sp³-hybridized carbons (Fsp3) is 0.857. The van der Waals surface area contributed by atoms with Crippen LogP contribution in [0.5, 0.6) is 0 Å². The van der Waals surface area contributed by atoms with E-state index in [1.807, 2.05) is 0 Å². The minimum atomic E-state index is 0.286. The molecule has 1 atom stereocenters. The van der Waals surface area contributed by atoms with Crippen molar-refractivity contribution in [3.05, 3.63) is 0 Å². The molecule has 1 heterocycles. The number of hydrogen-bond acceptors (Lipinski definition) is 2. The molecule has 3 heteroatoms. The Morgan fingerprint density at radius 3 is 3.30 bits per heavy atom.